The van der Waals surface area contributed by atoms with Gasteiger partial charge in [-0.25, -0.2) is 18.1 Å². The van der Waals surface area contributed by atoms with E-state index in [1.807, 2.05) is 0 Å². The zero-order valence-corrected chi connectivity index (χ0v) is 21.7. The first-order valence-corrected chi connectivity index (χ1v) is 14.0. The smallest absolute Gasteiger partial charge is 0.376 e. The molecular formula is C25H21ClF3N3O3S2. The fraction of sp³-hybridized carbons (Fsp3) is 0.280. The Morgan fingerprint density at radius 3 is 2.54 bits per heavy atom. The maximum atomic E-state index is 13.4. The lowest BCUT2D eigenvalue weighted by Gasteiger charge is -2.26. The van der Waals surface area contributed by atoms with Crippen LogP contribution in [-0.2, 0) is 15.6 Å². The number of hydrogen-bond acceptors (Lipinski definition) is 6. The number of fused-ring (bicyclic) bond motifs is 1. The van der Waals surface area contributed by atoms with E-state index in [-0.39, 0.29) is 11.3 Å². The Balaban J connectivity index is 1.62. The van der Waals surface area contributed by atoms with Crippen LogP contribution in [-0.4, -0.2) is 34.9 Å². The van der Waals surface area contributed by atoms with Gasteiger partial charge in [-0.3, -0.25) is 4.98 Å². The highest BCUT2D eigenvalue weighted by molar-refractivity contribution is 7.90. The van der Waals surface area contributed by atoms with Crippen LogP contribution in [0.15, 0.2) is 60.8 Å². The van der Waals surface area contributed by atoms with Crippen molar-refractivity contribution >= 4 is 43.2 Å². The zero-order chi connectivity index (χ0) is 26.6. The summed E-state index contributed by atoms with van der Waals surface area (Å²) in [6.07, 6.45) is -2.51. The molecule has 1 aliphatic carbocycles. The summed E-state index contributed by atoms with van der Waals surface area (Å²) in [7, 11) is -3.62. The number of pyridine rings is 1. The van der Waals surface area contributed by atoms with Crippen LogP contribution in [0.25, 0.3) is 21.5 Å². The minimum atomic E-state index is -4.88. The molecule has 2 aromatic heterocycles. The number of aliphatic hydroxyl groups is 1. The molecule has 194 valence electrons. The molecule has 6 nitrogen and oxygen atoms in total. The molecule has 0 amide bonds. The van der Waals surface area contributed by atoms with Gasteiger partial charge in [0.05, 0.1) is 27.2 Å². The number of benzene rings is 2. The van der Waals surface area contributed by atoms with E-state index in [4.69, 9.17) is 11.6 Å². The van der Waals surface area contributed by atoms with Crippen molar-refractivity contribution in [1.29, 1.82) is 0 Å². The van der Waals surface area contributed by atoms with Gasteiger partial charge in [-0.05, 0) is 55.2 Å². The SMILES string of the molecule is CC(O)(c1ccnc(-c2cccc3nc(C(NS(=O)(=O)C4CC4)c4ccccc4Cl)sc23)c1)C(F)(F)F. The topological polar surface area (TPSA) is 92.2 Å². The van der Waals surface area contributed by atoms with Crippen molar-refractivity contribution in [3.63, 3.8) is 0 Å². The fourth-order valence-corrected chi connectivity index (χ4v) is 6.92. The Kier molecular flexibility index (Phi) is 6.56. The Hall–Kier alpha value is -2.57. The molecule has 37 heavy (non-hydrogen) atoms. The van der Waals surface area contributed by atoms with Crippen LogP contribution in [0.4, 0.5) is 13.2 Å². The molecule has 5 rings (SSSR count). The number of sulfonamides is 1. The molecule has 1 fully saturated rings. The average molecular weight is 568 g/mol. The third kappa shape index (κ3) is 4.98. The number of rotatable bonds is 7. The van der Waals surface area contributed by atoms with E-state index >= 15 is 0 Å². The quantitative estimate of drug-likeness (QED) is 0.288. The largest absolute Gasteiger partial charge is 0.421 e. The second-order valence-electron chi connectivity index (χ2n) is 9.02. The molecule has 0 bridgehead atoms. The summed E-state index contributed by atoms with van der Waals surface area (Å²) in [5.74, 6) is 0. The number of nitrogens with zero attached hydrogens (tertiary/aromatic N) is 2. The van der Waals surface area contributed by atoms with Crippen LogP contribution < -0.4 is 4.72 Å². The van der Waals surface area contributed by atoms with Crippen LogP contribution in [0.3, 0.4) is 0 Å². The third-order valence-corrected chi connectivity index (χ3v) is 9.72. The van der Waals surface area contributed by atoms with Gasteiger partial charge in [0.25, 0.3) is 0 Å². The molecule has 1 saturated carbocycles. The molecule has 2 N–H and O–H groups in total. The van der Waals surface area contributed by atoms with E-state index < -0.39 is 33.1 Å². The fourth-order valence-electron chi connectivity index (χ4n) is 3.93. The van der Waals surface area contributed by atoms with Crippen molar-refractivity contribution in [1.82, 2.24) is 14.7 Å². The van der Waals surface area contributed by atoms with Crippen LogP contribution in [0.5, 0.6) is 0 Å². The van der Waals surface area contributed by atoms with Gasteiger partial charge < -0.3 is 5.11 Å². The minimum absolute atomic E-state index is 0.218. The highest BCUT2D eigenvalue weighted by Crippen LogP contribution is 2.42. The summed E-state index contributed by atoms with van der Waals surface area (Å²) in [6, 6.07) is 13.5. The predicted molar refractivity (Wildman–Crippen MR) is 137 cm³/mol. The molecule has 0 spiro atoms. The Bertz CT molecular complexity index is 1580. The maximum absolute atomic E-state index is 13.4. The molecule has 2 atom stereocenters. The number of aromatic nitrogens is 2. The normalized spacial score (nSPS) is 17.0. The summed E-state index contributed by atoms with van der Waals surface area (Å²) < 4.78 is 69.4. The lowest BCUT2D eigenvalue weighted by Crippen LogP contribution is -2.39. The van der Waals surface area contributed by atoms with Crippen LogP contribution >= 0.6 is 22.9 Å². The number of nitrogens with one attached hydrogen (secondary N) is 1. The van der Waals surface area contributed by atoms with Gasteiger partial charge in [0.15, 0.2) is 5.60 Å². The Morgan fingerprint density at radius 2 is 1.86 bits per heavy atom. The van der Waals surface area contributed by atoms with Gasteiger partial charge in [-0.1, -0.05) is 41.9 Å². The monoisotopic (exact) mass is 567 g/mol. The second kappa shape index (κ2) is 9.32. The van der Waals surface area contributed by atoms with Crippen molar-refractivity contribution < 1.29 is 26.7 Å². The van der Waals surface area contributed by atoms with Gasteiger partial charge in [0, 0.05) is 16.8 Å². The molecule has 0 radical (unpaired) electrons. The van der Waals surface area contributed by atoms with E-state index in [1.54, 1.807) is 42.5 Å². The van der Waals surface area contributed by atoms with Crippen LogP contribution in [0.1, 0.15) is 41.9 Å². The molecule has 0 aliphatic heterocycles. The van der Waals surface area contributed by atoms with Crippen molar-refractivity contribution in [3.05, 3.63) is 82.0 Å². The van der Waals surface area contributed by atoms with Crippen molar-refractivity contribution in [2.45, 2.75) is 42.8 Å². The highest BCUT2D eigenvalue weighted by Gasteiger charge is 2.51. The molecule has 2 heterocycles. The van der Waals surface area contributed by atoms with Gasteiger partial charge in [-0.15, -0.1) is 11.3 Å². The average Bonchev–Trinajstić information content (AvgIpc) is 3.62. The number of alkyl halides is 3. The van der Waals surface area contributed by atoms with Gasteiger partial charge in [0.1, 0.15) is 5.01 Å². The molecule has 1 aliphatic rings. The Labute approximate surface area is 220 Å². The van der Waals surface area contributed by atoms with Crippen molar-refractivity contribution in [3.8, 4) is 11.3 Å². The highest BCUT2D eigenvalue weighted by atomic mass is 35.5. The van der Waals surface area contributed by atoms with Crippen molar-refractivity contribution in [2.75, 3.05) is 0 Å². The first-order valence-electron chi connectivity index (χ1n) is 11.3. The van der Waals surface area contributed by atoms with E-state index in [0.717, 1.165) is 6.07 Å². The summed E-state index contributed by atoms with van der Waals surface area (Å²) in [5.41, 5.74) is -1.63. The van der Waals surface area contributed by atoms with Crippen LogP contribution in [0, 0.1) is 0 Å². The summed E-state index contributed by atoms with van der Waals surface area (Å²) in [4.78, 5) is 8.91. The molecule has 2 aromatic carbocycles. The van der Waals surface area contributed by atoms with Gasteiger partial charge in [-0.2, -0.15) is 13.2 Å². The van der Waals surface area contributed by atoms with E-state index in [9.17, 15) is 26.7 Å². The molecule has 2 unspecified atom stereocenters. The molecule has 0 saturated heterocycles. The standard InChI is InChI=1S/C25H21ClF3N3O3S2/c1-24(33,25(27,28)29)14-11-12-30-20(13-14)17-6-4-8-19-22(17)36-23(31-19)21(16-5-2-3-7-18(16)26)32-37(34,35)15-9-10-15/h2-8,11-13,15,21,32-33H,9-10H2,1H3. The third-order valence-electron chi connectivity index (χ3n) is 6.29. The number of halogens is 4. The van der Waals surface area contributed by atoms with Gasteiger partial charge in [0.2, 0.25) is 10.0 Å². The van der Waals surface area contributed by atoms with Crippen molar-refractivity contribution in [2.24, 2.45) is 0 Å². The van der Waals surface area contributed by atoms with E-state index in [1.165, 1.54) is 23.6 Å². The van der Waals surface area contributed by atoms with E-state index in [2.05, 4.69) is 14.7 Å². The summed E-state index contributed by atoms with van der Waals surface area (Å²) >= 11 is 7.63. The van der Waals surface area contributed by atoms with Crippen LogP contribution in [0.2, 0.25) is 5.02 Å². The Morgan fingerprint density at radius 1 is 1.14 bits per heavy atom. The minimum Gasteiger partial charge on any atom is -0.376 e. The summed E-state index contributed by atoms with van der Waals surface area (Å²) in [6.45, 7) is 0.692. The van der Waals surface area contributed by atoms with E-state index in [0.29, 0.717) is 51.1 Å². The van der Waals surface area contributed by atoms with Gasteiger partial charge >= 0.3 is 6.18 Å². The first-order chi connectivity index (χ1) is 17.4. The molecule has 12 heteroatoms. The second-order valence-corrected chi connectivity index (χ2v) is 12.5. The summed E-state index contributed by atoms with van der Waals surface area (Å²) in [5, 5.41) is 10.5. The lowest BCUT2D eigenvalue weighted by molar-refractivity contribution is -0.258. The first kappa shape index (κ1) is 26.1. The molecular weight excluding hydrogens is 547 g/mol. The predicted octanol–water partition coefficient (Wildman–Crippen LogP) is 5.95. The maximum Gasteiger partial charge on any atom is 0.421 e. The number of hydrogen-bond donors (Lipinski definition) is 2. The lowest BCUT2D eigenvalue weighted by atomic mass is 9.94. The number of thiazole rings is 1. The molecule has 4 aromatic rings. The zero-order valence-electron chi connectivity index (χ0n) is 19.3.